The molecule has 34 heavy (non-hydrogen) atoms. The molecule has 4 aromatic carbocycles. The zero-order valence-electron chi connectivity index (χ0n) is 18.7. The Morgan fingerprint density at radius 1 is 0.676 bits per heavy atom. The summed E-state index contributed by atoms with van der Waals surface area (Å²) in [5, 5.41) is 12.4. The lowest BCUT2D eigenvalue weighted by Crippen LogP contribution is -2.00. The van der Waals surface area contributed by atoms with E-state index in [1.54, 1.807) is 12.4 Å². The van der Waals surface area contributed by atoms with Crippen molar-refractivity contribution in [1.29, 1.82) is 5.26 Å². The topological polar surface area (TPSA) is 41.6 Å². The van der Waals surface area contributed by atoms with Crippen molar-refractivity contribution < 1.29 is 0 Å². The summed E-state index contributed by atoms with van der Waals surface area (Å²) in [6.07, 6.45) is 3.52. The molecule has 0 fully saturated rings. The third-order valence-electron chi connectivity index (χ3n) is 6.47. The minimum atomic E-state index is 0.650. The summed E-state index contributed by atoms with van der Waals surface area (Å²) >= 11 is 0. The van der Waals surface area contributed by atoms with Crippen LogP contribution < -0.4 is 0 Å². The van der Waals surface area contributed by atoms with E-state index in [4.69, 9.17) is 0 Å². The molecule has 0 N–H and O–H groups in total. The highest BCUT2D eigenvalue weighted by molar-refractivity contribution is 6.10. The highest BCUT2D eigenvalue weighted by Gasteiger charge is 2.17. The maximum absolute atomic E-state index is 10.0. The van der Waals surface area contributed by atoms with Crippen LogP contribution in [0.3, 0.4) is 0 Å². The number of nitriles is 1. The van der Waals surface area contributed by atoms with Crippen LogP contribution in [0, 0.1) is 18.3 Å². The van der Waals surface area contributed by atoms with Gasteiger partial charge in [-0.1, -0.05) is 60.7 Å². The van der Waals surface area contributed by atoms with Gasteiger partial charge in [0.05, 0.1) is 28.4 Å². The fraction of sp³-hybridized carbons (Fsp3) is 0.0323. The van der Waals surface area contributed by atoms with Gasteiger partial charge in [-0.25, -0.2) is 0 Å². The first-order valence-corrected chi connectivity index (χ1v) is 11.3. The van der Waals surface area contributed by atoms with Gasteiger partial charge >= 0.3 is 0 Å². The second-order valence-corrected chi connectivity index (χ2v) is 8.48. The normalized spacial score (nSPS) is 11.1. The fourth-order valence-corrected chi connectivity index (χ4v) is 4.84. The summed E-state index contributed by atoms with van der Waals surface area (Å²) < 4.78 is 2.30. The van der Waals surface area contributed by atoms with Gasteiger partial charge in [0.1, 0.15) is 0 Å². The maximum atomic E-state index is 10.0. The molecule has 160 valence electrons. The molecule has 0 radical (unpaired) electrons. The summed E-state index contributed by atoms with van der Waals surface area (Å²) in [5.74, 6) is 0. The van der Waals surface area contributed by atoms with Crippen LogP contribution in [-0.2, 0) is 0 Å². The Morgan fingerprint density at radius 3 is 2.21 bits per heavy atom. The number of para-hydroxylation sites is 1. The summed E-state index contributed by atoms with van der Waals surface area (Å²) in [7, 11) is 0. The molecule has 2 heterocycles. The van der Waals surface area contributed by atoms with E-state index in [0.29, 0.717) is 5.56 Å². The van der Waals surface area contributed by atoms with Crippen LogP contribution in [0.15, 0.2) is 109 Å². The van der Waals surface area contributed by atoms with Gasteiger partial charge in [-0.2, -0.15) is 5.26 Å². The second kappa shape index (κ2) is 8.03. The lowest BCUT2D eigenvalue weighted by molar-refractivity contribution is 1.15. The molecular formula is C31H21N3. The molecule has 0 aliphatic carbocycles. The van der Waals surface area contributed by atoms with E-state index < -0.39 is 0 Å². The summed E-state index contributed by atoms with van der Waals surface area (Å²) in [6.45, 7) is 2.11. The lowest BCUT2D eigenvalue weighted by atomic mass is 9.97. The van der Waals surface area contributed by atoms with Crippen LogP contribution in [0.2, 0.25) is 0 Å². The van der Waals surface area contributed by atoms with Crippen LogP contribution in [0.25, 0.3) is 49.7 Å². The molecule has 0 spiro atoms. The highest BCUT2D eigenvalue weighted by Crippen LogP contribution is 2.37. The van der Waals surface area contributed by atoms with E-state index in [0.717, 1.165) is 33.4 Å². The number of rotatable bonds is 3. The third kappa shape index (κ3) is 3.17. The molecule has 2 aromatic heterocycles. The molecule has 0 aliphatic heterocycles. The Bertz CT molecular complexity index is 1710. The minimum Gasteiger partial charge on any atom is -0.309 e. The molecule has 0 aliphatic rings. The van der Waals surface area contributed by atoms with Gasteiger partial charge in [-0.3, -0.25) is 4.98 Å². The molecule has 0 bridgehead atoms. The standard InChI is InChI=1S/C31H21N3/c1-21-17-28(23-13-15-33-16-14-23)25(20-32)19-30(21)34-29-10-6-5-9-26(29)27-12-11-24(18-31(27)34)22-7-3-2-4-8-22/h2-19H,1H3. The van der Waals surface area contributed by atoms with E-state index in [9.17, 15) is 5.26 Å². The van der Waals surface area contributed by atoms with E-state index in [-0.39, 0.29) is 0 Å². The molecule has 0 unspecified atom stereocenters. The summed E-state index contributed by atoms with van der Waals surface area (Å²) in [4.78, 5) is 4.12. The van der Waals surface area contributed by atoms with E-state index in [1.165, 1.54) is 21.9 Å². The van der Waals surface area contributed by atoms with Gasteiger partial charge in [0, 0.05) is 23.2 Å². The van der Waals surface area contributed by atoms with Gasteiger partial charge in [0.25, 0.3) is 0 Å². The number of aromatic nitrogens is 2. The Labute approximate surface area is 198 Å². The van der Waals surface area contributed by atoms with Crippen molar-refractivity contribution in [3.8, 4) is 34.0 Å². The lowest BCUT2D eigenvalue weighted by Gasteiger charge is -2.15. The number of hydrogen-bond donors (Lipinski definition) is 0. The average Bonchev–Trinajstić information content (AvgIpc) is 3.23. The predicted molar refractivity (Wildman–Crippen MR) is 139 cm³/mol. The van der Waals surface area contributed by atoms with Crippen molar-refractivity contribution in [2.45, 2.75) is 6.92 Å². The number of nitrogens with zero attached hydrogens (tertiary/aromatic N) is 3. The van der Waals surface area contributed by atoms with E-state index >= 15 is 0 Å². The van der Waals surface area contributed by atoms with Gasteiger partial charge in [0.15, 0.2) is 0 Å². The third-order valence-corrected chi connectivity index (χ3v) is 6.47. The predicted octanol–water partition coefficient (Wildman–Crippen LogP) is 7.69. The van der Waals surface area contributed by atoms with Crippen LogP contribution in [0.5, 0.6) is 0 Å². The first-order chi connectivity index (χ1) is 16.7. The van der Waals surface area contributed by atoms with Gasteiger partial charge in [-0.05, 0) is 71.1 Å². The summed E-state index contributed by atoms with van der Waals surface area (Å²) in [6, 6.07) is 36.0. The number of fused-ring (bicyclic) bond motifs is 3. The Kier molecular flexibility index (Phi) is 4.71. The van der Waals surface area contributed by atoms with Gasteiger partial charge < -0.3 is 4.57 Å². The van der Waals surface area contributed by atoms with Crippen molar-refractivity contribution in [3.63, 3.8) is 0 Å². The largest absolute Gasteiger partial charge is 0.309 e. The zero-order chi connectivity index (χ0) is 23.1. The zero-order valence-corrected chi connectivity index (χ0v) is 18.7. The molecule has 6 rings (SSSR count). The van der Waals surface area contributed by atoms with Crippen LogP contribution in [-0.4, -0.2) is 9.55 Å². The highest BCUT2D eigenvalue weighted by atomic mass is 15.0. The molecule has 0 atom stereocenters. The molecule has 3 heteroatoms. The van der Waals surface area contributed by atoms with Crippen molar-refractivity contribution in [2.24, 2.45) is 0 Å². The van der Waals surface area contributed by atoms with E-state index in [2.05, 4.69) is 95.3 Å². The second-order valence-electron chi connectivity index (χ2n) is 8.48. The monoisotopic (exact) mass is 435 g/mol. The Hall–Kier alpha value is -4.68. The van der Waals surface area contributed by atoms with Crippen LogP contribution in [0.4, 0.5) is 0 Å². The first kappa shape index (κ1) is 20.0. The molecule has 3 nitrogen and oxygen atoms in total. The van der Waals surface area contributed by atoms with Crippen molar-refractivity contribution in [1.82, 2.24) is 9.55 Å². The molecule has 0 saturated heterocycles. The first-order valence-electron chi connectivity index (χ1n) is 11.3. The van der Waals surface area contributed by atoms with Crippen molar-refractivity contribution in [3.05, 3.63) is 121 Å². The quantitative estimate of drug-likeness (QED) is 0.286. The van der Waals surface area contributed by atoms with Gasteiger partial charge in [-0.15, -0.1) is 0 Å². The maximum Gasteiger partial charge on any atom is 0.0998 e. The SMILES string of the molecule is Cc1cc(-c2ccncc2)c(C#N)cc1-n1c2ccccc2c2ccc(-c3ccccc3)cc21. The fourth-order valence-electron chi connectivity index (χ4n) is 4.84. The number of benzene rings is 4. The van der Waals surface area contributed by atoms with E-state index in [1.807, 2.05) is 24.3 Å². The minimum absolute atomic E-state index is 0.650. The number of pyridine rings is 1. The Morgan fingerprint density at radius 2 is 1.41 bits per heavy atom. The average molecular weight is 436 g/mol. The van der Waals surface area contributed by atoms with Crippen LogP contribution in [0.1, 0.15) is 11.1 Å². The molecular weight excluding hydrogens is 414 g/mol. The van der Waals surface area contributed by atoms with Crippen molar-refractivity contribution in [2.75, 3.05) is 0 Å². The number of hydrogen-bond acceptors (Lipinski definition) is 2. The summed E-state index contributed by atoms with van der Waals surface area (Å²) in [5.41, 5.74) is 9.32. The Balaban J connectivity index is 1.66. The van der Waals surface area contributed by atoms with Crippen LogP contribution >= 0.6 is 0 Å². The van der Waals surface area contributed by atoms with Crippen molar-refractivity contribution >= 4 is 21.8 Å². The number of aryl methyl sites for hydroxylation is 1. The molecule has 6 aromatic rings. The molecule has 0 saturated carbocycles. The van der Waals surface area contributed by atoms with Gasteiger partial charge in [0.2, 0.25) is 0 Å². The molecule has 0 amide bonds. The smallest absolute Gasteiger partial charge is 0.0998 e.